The predicted molar refractivity (Wildman–Crippen MR) is 198 cm³/mol. The number of benzene rings is 1. The number of cyclic esters (lactones) is 1. The Hall–Kier alpha value is -1.83. The molecule has 0 aromatic heterocycles. The lowest BCUT2D eigenvalue weighted by atomic mass is 9.81. The van der Waals surface area contributed by atoms with Crippen LogP contribution in [0.2, 0.25) is 0 Å². The van der Waals surface area contributed by atoms with Crippen molar-refractivity contribution in [2.75, 3.05) is 26.5 Å². The van der Waals surface area contributed by atoms with Crippen molar-refractivity contribution in [1.29, 1.82) is 0 Å². The lowest BCUT2D eigenvalue weighted by molar-refractivity contribution is -0.303. The molecule has 1 saturated heterocycles. The van der Waals surface area contributed by atoms with Gasteiger partial charge in [0.05, 0.1) is 49.5 Å². The van der Waals surface area contributed by atoms with Gasteiger partial charge in [-0.15, -0.1) is 0 Å². The Morgan fingerprint density at radius 2 is 1.74 bits per heavy atom. The normalized spacial score (nSPS) is 39.7. The summed E-state index contributed by atoms with van der Waals surface area (Å²) in [5, 5.41) is 44.3. The maximum absolute atomic E-state index is 13.3. The first-order chi connectivity index (χ1) is 23.7. The smallest absolute Gasteiger partial charge is 0.308 e. The summed E-state index contributed by atoms with van der Waals surface area (Å²) in [6.07, 6.45) is -1.31. The van der Waals surface area contributed by atoms with Gasteiger partial charge in [-0.05, 0) is 64.6 Å². The first kappa shape index (κ1) is 40.9. The van der Waals surface area contributed by atoms with Gasteiger partial charge in [-0.1, -0.05) is 69.7 Å². The topological polar surface area (TPSA) is 141 Å². The van der Waals surface area contributed by atoms with Crippen molar-refractivity contribution >= 4 is 23.4 Å². The molecule has 1 fully saturated rings. The van der Waals surface area contributed by atoms with E-state index in [1.165, 1.54) is 5.56 Å². The molecule has 1 aromatic rings. The number of likely N-dealkylation sites (N-methyl/N-ethyl adjacent to an activating group) is 1. The van der Waals surface area contributed by atoms with Crippen LogP contribution in [0.5, 0.6) is 0 Å². The molecule has 0 radical (unpaired) electrons. The number of hydrogen-bond donors (Lipinski definition) is 4. The second-order valence-electron chi connectivity index (χ2n) is 15.2. The van der Waals surface area contributed by atoms with Crippen molar-refractivity contribution in [1.82, 2.24) is 4.90 Å². The number of ether oxygens (including phenoxy) is 3. The molecule has 1 aromatic carbocycles. The minimum atomic E-state index is -1.14. The van der Waals surface area contributed by atoms with E-state index in [0.717, 1.165) is 29.9 Å². The molecule has 0 saturated carbocycles. The number of fused-ring (bicyclic) bond motifs is 2. The second-order valence-corrected chi connectivity index (χ2v) is 16.4. The Kier molecular flexibility index (Phi) is 15.4. The minimum absolute atomic E-state index is 0.0788. The molecule has 3 aliphatic heterocycles. The van der Waals surface area contributed by atoms with E-state index in [2.05, 4.69) is 51.1 Å². The number of nitrogens with zero attached hydrogens (tertiary/aromatic N) is 2. The van der Waals surface area contributed by atoms with Crippen LogP contribution in [0.1, 0.15) is 72.8 Å². The lowest BCUT2D eigenvalue weighted by Gasteiger charge is -2.46. The van der Waals surface area contributed by atoms with Crippen LogP contribution in [0.4, 0.5) is 0 Å². The molecule has 282 valence electrons. The standard InChI is InChI=1S/C39H62N2O8S/c1-9-32-28(20-42)16-23(3)33-18-30(40-29(21-50-33)17-27-13-11-10-12-14-27)22(2)15-24(4)38(25(5)31(43)19-34(44)48-32)49-39-37(46)35(41(7)8)36(45)26(6)47-39/h10-14,16,22,24-26,28-29,31-33,35-39,42-43,45-46H,9,15,17-21H2,1-8H3/t22-,24+,25+,26?,28-,29?,31-,32-,33-,35?,36?,37?,38+,39?/m1/s1. The molecule has 3 heterocycles. The van der Waals surface area contributed by atoms with Crippen LogP contribution in [0.15, 0.2) is 47.0 Å². The SMILES string of the molecule is CC[C@H]1OC(=O)C[C@@H](O)[C@H](C)[C@@H](OC2OC(C)C(O)C(N(C)C)C2O)[C@@H](C)C[C@@H](C)C2=NC(Cc3ccccc3)CS[C@H](C2)C(C)=C[C@@H]1CO. The van der Waals surface area contributed by atoms with Gasteiger partial charge in [-0.2, -0.15) is 11.8 Å². The average molecular weight is 719 g/mol. The van der Waals surface area contributed by atoms with E-state index < -0.39 is 60.8 Å². The molecule has 4 rings (SSSR count). The molecule has 0 spiro atoms. The molecular formula is C39H62N2O8S. The van der Waals surface area contributed by atoms with Crippen molar-refractivity contribution in [3.05, 3.63) is 47.5 Å². The van der Waals surface area contributed by atoms with Crippen LogP contribution >= 0.6 is 11.8 Å². The second kappa shape index (κ2) is 18.8. The van der Waals surface area contributed by atoms with Crippen LogP contribution in [-0.2, 0) is 25.4 Å². The zero-order chi connectivity index (χ0) is 36.7. The number of esters is 1. The highest BCUT2D eigenvalue weighted by molar-refractivity contribution is 8.00. The van der Waals surface area contributed by atoms with Gasteiger partial charge in [0, 0.05) is 35.0 Å². The highest BCUT2D eigenvalue weighted by Gasteiger charge is 2.47. The number of aliphatic hydroxyl groups excluding tert-OH is 4. The number of thioether (sulfide) groups is 1. The van der Waals surface area contributed by atoms with Crippen LogP contribution in [0.3, 0.4) is 0 Å². The van der Waals surface area contributed by atoms with Crippen LogP contribution in [0, 0.1) is 23.7 Å². The third-order valence-electron chi connectivity index (χ3n) is 11.0. The Morgan fingerprint density at radius 1 is 1.04 bits per heavy atom. The van der Waals surface area contributed by atoms with Gasteiger partial charge in [0.25, 0.3) is 0 Å². The van der Waals surface area contributed by atoms with Gasteiger partial charge in [0.15, 0.2) is 6.29 Å². The van der Waals surface area contributed by atoms with Gasteiger partial charge >= 0.3 is 5.97 Å². The first-order valence-electron chi connectivity index (χ1n) is 18.5. The monoisotopic (exact) mass is 718 g/mol. The summed E-state index contributed by atoms with van der Waals surface area (Å²) >= 11 is 1.90. The molecule has 11 heteroatoms. The van der Waals surface area contributed by atoms with E-state index in [9.17, 15) is 25.2 Å². The van der Waals surface area contributed by atoms with E-state index in [0.29, 0.717) is 12.8 Å². The molecule has 10 nitrogen and oxygen atoms in total. The van der Waals surface area contributed by atoms with Gasteiger partial charge in [0.1, 0.15) is 12.2 Å². The van der Waals surface area contributed by atoms with E-state index >= 15 is 0 Å². The molecular weight excluding hydrogens is 657 g/mol. The number of carbonyl (C=O) groups is 1. The summed E-state index contributed by atoms with van der Waals surface area (Å²) in [6.45, 7) is 11.8. The minimum Gasteiger partial charge on any atom is -0.462 e. The summed E-state index contributed by atoms with van der Waals surface area (Å²) < 4.78 is 18.6. The third kappa shape index (κ3) is 10.4. The zero-order valence-electron chi connectivity index (χ0n) is 31.2. The van der Waals surface area contributed by atoms with Gasteiger partial charge in [0.2, 0.25) is 0 Å². The largest absolute Gasteiger partial charge is 0.462 e. The molecule has 0 amide bonds. The van der Waals surface area contributed by atoms with Crippen molar-refractivity contribution < 1.29 is 39.4 Å². The van der Waals surface area contributed by atoms with Crippen molar-refractivity contribution in [2.24, 2.45) is 28.7 Å². The molecule has 50 heavy (non-hydrogen) atoms. The van der Waals surface area contributed by atoms with Crippen LogP contribution in [0.25, 0.3) is 0 Å². The fraction of sp³-hybridized carbons (Fsp3) is 0.744. The third-order valence-corrected chi connectivity index (χ3v) is 12.5. The molecule has 6 unspecified atom stereocenters. The summed E-state index contributed by atoms with van der Waals surface area (Å²) in [5.74, 6) is -0.637. The molecule has 14 atom stereocenters. The first-order valence-corrected chi connectivity index (χ1v) is 19.5. The zero-order valence-corrected chi connectivity index (χ0v) is 32.0. The summed E-state index contributed by atoms with van der Waals surface area (Å²) in [5.41, 5.74) is 3.52. The number of aliphatic imine (C=N–C) groups is 1. The Morgan fingerprint density at radius 3 is 2.38 bits per heavy atom. The van der Waals surface area contributed by atoms with E-state index in [1.807, 2.05) is 31.7 Å². The summed E-state index contributed by atoms with van der Waals surface area (Å²) in [7, 11) is 3.60. The van der Waals surface area contributed by atoms with Crippen LogP contribution < -0.4 is 0 Å². The van der Waals surface area contributed by atoms with Crippen LogP contribution in [-0.4, -0.2) is 124 Å². The number of rotatable bonds is 7. The van der Waals surface area contributed by atoms with Crippen molar-refractivity contribution in [2.45, 2.75) is 134 Å². The fourth-order valence-corrected chi connectivity index (χ4v) is 9.17. The molecule has 4 N–H and O–H groups in total. The number of aliphatic hydroxyl groups is 4. The predicted octanol–water partition coefficient (Wildman–Crippen LogP) is 4.27. The molecule has 2 bridgehead atoms. The van der Waals surface area contributed by atoms with E-state index in [1.54, 1.807) is 25.9 Å². The Balaban J connectivity index is 1.72. The molecule has 3 aliphatic rings. The average Bonchev–Trinajstić information content (AvgIpc) is 3.29. The highest BCUT2D eigenvalue weighted by Crippen LogP contribution is 2.36. The summed E-state index contributed by atoms with van der Waals surface area (Å²) in [4.78, 5) is 20.5. The van der Waals surface area contributed by atoms with Crippen molar-refractivity contribution in [3.63, 3.8) is 0 Å². The quantitative estimate of drug-likeness (QED) is 0.239. The summed E-state index contributed by atoms with van der Waals surface area (Å²) in [6, 6.07) is 9.94. The highest BCUT2D eigenvalue weighted by atomic mass is 32.2. The maximum atomic E-state index is 13.3. The van der Waals surface area contributed by atoms with Gasteiger partial charge in [-0.3, -0.25) is 9.79 Å². The maximum Gasteiger partial charge on any atom is 0.308 e. The van der Waals surface area contributed by atoms with E-state index in [-0.39, 0.29) is 42.1 Å². The van der Waals surface area contributed by atoms with E-state index in [4.69, 9.17) is 19.2 Å². The van der Waals surface area contributed by atoms with Gasteiger partial charge in [-0.25, -0.2) is 0 Å². The Bertz CT molecular complexity index is 1280. The Labute approximate surface area is 303 Å². The van der Waals surface area contributed by atoms with Gasteiger partial charge < -0.3 is 39.5 Å². The number of hydrogen-bond acceptors (Lipinski definition) is 11. The molecule has 0 aliphatic carbocycles. The fourth-order valence-electron chi connectivity index (χ4n) is 7.90. The van der Waals surface area contributed by atoms with Crippen molar-refractivity contribution in [3.8, 4) is 0 Å². The lowest BCUT2D eigenvalue weighted by Crippen LogP contribution is -2.63. The number of carbonyl (C=O) groups excluding carboxylic acids is 1.